The number of nitrogens with zero attached hydrogens (tertiary/aromatic N) is 4. The van der Waals surface area contributed by atoms with E-state index in [4.69, 9.17) is 0 Å². The zero-order chi connectivity index (χ0) is 16.9. The summed E-state index contributed by atoms with van der Waals surface area (Å²) in [5, 5.41) is 1.18. The lowest BCUT2D eigenvalue weighted by molar-refractivity contribution is 0.200. The minimum atomic E-state index is -2.82. The predicted molar refractivity (Wildman–Crippen MR) is 97.7 cm³/mol. The van der Waals surface area contributed by atoms with E-state index in [0.29, 0.717) is 11.5 Å². The molecule has 24 heavy (non-hydrogen) atoms. The second-order valence-electron chi connectivity index (χ2n) is 6.74. The van der Waals surface area contributed by atoms with Crippen LogP contribution in [-0.2, 0) is 9.84 Å². The Kier molecular flexibility index (Phi) is 4.01. The van der Waals surface area contributed by atoms with E-state index in [1.165, 1.54) is 15.8 Å². The highest BCUT2D eigenvalue weighted by atomic mass is 32.2. The number of fused-ring (bicyclic) bond motifs is 1. The molecule has 0 spiro atoms. The van der Waals surface area contributed by atoms with Gasteiger partial charge >= 0.3 is 0 Å². The molecule has 0 unspecified atom stereocenters. The third kappa shape index (κ3) is 2.80. The fourth-order valence-electron chi connectivity index (χ4n) is 3.77. The van der Waals surface area contributed by atoms with Gasteiger partial charge in [-0.25, -0.2) is 18.4 Å². The normalized spacial score (nSPS) is 24.8. The topological polar surface area (TPSA) is 66.4 Å². The van der Waals surface area contributed by atoms with Gasteiger partial charge in [0.25, 0.3) is 0 Å². The molecule has 0 N–H and O–H groups in total. The lowest BCUT2D eigenvalue weighted by atomic mass is 10.1. The molecule has 4 rings (SSSR count). The fraction of sp³-hybridized carbons (Fsp3) is 0.625. The monoisotopic (exact) mass is 366 g/mol. The van der Waals surface area contributed by atoms with Crippen LogP contribution in [0.2, 0.25) is 0 Å². The second kappa shape index (κ2) is 5.93. The largest absolute Gasteiger partial charge is 0.353 e. The molecule has 0 bridgehead atoms. The Balaban J connectivity index is 1.52. The molecule has 0 radical (unpaired) electrons. The molecule has 2 aromatic rings. The van der Waals surface area contributed by atoms with Crippen molar-refractivity contribution in [2.75, 3.05) is 42.6 Å². The maximum atomic E-state index is 11.7. The first-order chi connectivity index (χ1) is 11.4. The Morgan fingerprint density at radius 1 is 1.17 bits per heavy atom. The molecule has 0 aliphatic carbocycles. The van der Waals surface area contributed by atoms with Crippen LogP contribution in [0.25, 0.3) is 10.2 Å². The number of aryl methyl sites for hydroxylation is 2. The summed E-state index contributed by atoms with van der Waals surface area (Å²) in [5.41, 5.74) is 1.27. The van der Waals surface area contributed by atoms with Crippen LogP contribution in [-0.4, -0.2) is 67.0 Å². The number of anilines is 1. The van der Waals surface area contributed by atoms with E-state index in [1.807, 2.05) is 0 Å². The Labute approximate surface area is 146 Å². The zero-order valence-electron chi connectivity index (χ0n) is 14.0. The van der Waals surface area contributed by atoms with Crippen LogP contribution in [0.5, 0.6) is 0 Å². The van der Waals surface area contributed by atoms with Crippen molar-refractivity contribution in [3.63, 3.8) is 0 Å². The quantitative estimate of drug-likeness (QED) is 0.805. The van der Waals surface area contributed by atoms with Crippen LogP contribution < -0.4 is 4.90 Å². The third-order valence-electron chi connectivity index (χ3n) is 5.28. The summed E-state index contributed by atoms with van der Waals surface area (Å²) in [5.74, 6) is 1.70. The van der Waals surface area contributed by atoms with Crippen LogP contribution in [0.15, 0.2) is 6.33 Å². The molecule has 6 nitrogen and oxygen atoms in total. The molecule has 0 amide bonds. The molecule has 2 saturated heterocycles. The van der Waals surface area contributed by atoms with Gasteiger partial charge in [-0.3, -0.25) is 4.90 Å². The first kappa shape index (κ1) is 16.2. The molecule has 0 saturated carbocycles. The van der Waals surface area contributed by atoms with Crippen molar-refractivity contribution < 1.29 is 8.42 Å². The molecule has 8 heteroatoms. The molecule has 2 fully saturated rings. The van der Waals surface area contributed by atoms with Gasteiger partial charge in [0.2, 0.25) is 0 Å². The summed E-state index contributed by atoms with van der Waals surface area (Å²) in [4.78, 5) is 16.0. The van der Waals surface area contributed by atoms with E-state index >= 15 is 0 Å². The molecular weight excluding hydrogens is 344 g/mol. The van der Waals surface area contributed by atoms with Gasteiger partial charge < -0.3 is 4.90 Å². The van der Waals surface area contributed by atoms with Crippen LogP contribution >= 0.6 is 11.3 Å². The zero-order valence-corrected chi connectivity index (χ0v) is 15.7. The van der Waals surface area contributed by atoms with Crippen LogP contribution in [0.4, 0.5) is 5.82 Å². The average Bonchev–Trinajstić information content (AvgIpc) is 3.07. The molecule has 0 aromatic carbocycles. The molecular formula is C16H22N4O2S2. The van der Waals surface area contributed by atoms with Crippen molar-refractivity contribution in [2.45, 2.75) is 26.3 Å². The van der Waals surface area contributed by atoms with Crippen molar-refractivity contribution in [1.82, 2.24) is 14.9 Å². The van der Waals surface area contributed by atoms with Crippen LogP contribution in [0, 0.1) is 13.8 Å². The highest BCUT2D eigenvalue weighted by molar-refractivity contribution is 7.91. The first-order valence-corrected chi connectivity index (χ1v) is 11.0. The van der Waals surface area contributed by atoms with Crippen LogP contribution in [0.3, 0.4) is 0 Å². The minimum absolute atomic E-state index is 0.202. The average molecular weight is 367 g/mol. The van der Waals surface area contributed by atoms with Gasteiger partial charge in [0.1, 0.15) is 17.0 Å². The highest BCUT2D eigenvalue weighted by Crippen LogP contribution is 2.34. The Morgan fingerprint density at radius 2 is 1.92 bits per heavy atom. The molecule has 2 aliphatic rings. The van der Waals surface area contributed by atoms with Gasteiger partial charge in [-0.1, -0.05) is 0 Å². The van der Waals surface area contributed by atoms with Gasteiger partial charge in [-0.15, -0.1) is 11.3 Å². The number of rotatable bonds is 2. The van der Waals surface area contributed by atoms with E-state index in [9.17, 15) is 8.42 Å². The Bertz CT molecular complexity index is 870. The summed E-state index contributed by atoms with van der Waals surface area (Å²) in [6.07, 6.45) is 2.44. The third-order valence-corrected chi connectivity index (χ3v) is 8.15. The summed E-state index contributed by atoms with van der Waals surface area (Å²) < 4.78 is 23.4. The second-order valence-corrected chi connectivity index (χ2v) is 10.2. The van der Waals surface area contributed by atoms with Crippen LogP contribution in [0.1, 0.15) is 16.9 Å². The maximum absolute atomic E-state index is 11.7. The SMILES string of the molecule is Cc1sc2ncnc(N3CCN([C@H]4CCS(=O)(=O)C4)CC3)c2c1C. The lowest BCUT2D eigenvalue weighted by Crippen LogP contribution is -2.51. The van der Waals surface area contributed by atoms with Gasteiger partial charge in [0, 0.05) is 37.1 Å². The van der Waals surface area contributed by atoms with E-state index in [2.05, 4.69) is 33.6 Å². The molecule has 130 valence electrons. The van der Waals surface area contributed by atoms with Crippen molar-refractivity contribution in [2.24, 2.45) is 0 Å². The summed E-state index contributed by atoms with van der Waals surface area (Å²) in [7, 11) is -2.82. The molecule has 2 aromatic heterocycles. The number of thiophene rings is 1. The number of piperazine rings is 1. The van der Waals surface area contributed by atoms with Crippen molar-refractivity contribution >= 4 is 37.2 Å². The van der Waals surface area contributed by atoms with E-state index in [0.717, 1.165) is 43.2 Å². The van der Waals surface area contributed by atoms with Gasteiger partial charge in [-0.2, -0.15) is 0 Å². The van der Waals surface area contributed by atoms with Gasteiger partial charge in [0.05, 0.1) is 16.9 Å². The predicted octanol–water partition coefficient (Wildman–Crippen LogP) is 1.62. The Hall–Kier alpha value is -1.25. The standard InChI is InChI=1S/C16H22N4O2S2/c1-11-12(2)23-16-14(11)15(17-10-18-16)20-6-4-19(5-7-20)13-3-8-24(21,22)9-13/h10,13H,3-9H2,1-2H3/t13-/m0/s1. The number of hydrogen-bond donors (Lipinski definition) is 0. The first-order valence-electron chi connectivity index (χ1n) is 8.35. The summed E-state index contributed by atoms with van der Waals surface area (Å²) >= 11 is 1.72. The van der Waals surface area contributed by atoms with Crippen molar-refractivity contribution in [3.8, 4) is 0 Å². The van der Waals surface area contributed by atoms with Crippen molar-refractivity contribution in [1.29, 1.82) is 0 Å². The highest BCUT2D eigenvalue weighted by Gasteiger charge is 2.34. The molecule has 2 aliphatic heterocycles. The summed E-state index contributed by atoms with van der Waals surface area (Å²) in [6, 6.07) is 0.202. The fourth-order valence-corrected chi connectivity index (χ4v) is 6.52. The number of aromatic nitrogens is 2. The Morgan fingerprint density at radius 3 is 2.58 bits per heavy atom. The smallest absolute Gasteiger partial charge is 0.151 e. The van der Waals surface area contributed by atoms with Crippen molar-refractivity contribution in [3.05, 3.63) is 16.8 Å². The minimum Gasteiger partial charge on any atom is -0.353 e. The number of hydrogen-bond acceptors (Lipinski definition) is 7. The van der Waals surface area contributed by atoms with E-state index in [1.54, 1.807) is 17.7 Å². The number of sulfone groups is 1. The summed E-state index contributed by atoms with van der Waals surface area (Å²) in [6.45, 7) is 7.83. The van der Waals surface area contributed by atoms with E-state index in [-0.39, 0.29) is 6.04 Å². The maximum Gasteiger partial charge on any atom is 0.151 e. The van der Waals surface area contributed by atoms with Gasteiger partial charge in [-0.05, 0) is 25.8 Å². The van der Waals surface area contributed by atoms with E-state index < -0.39 is 9.84 Å². The lowest BCUT2D eigenvalue weighted by Gasteiger charge is -2.38. The molecule has 4 heterocycles. The molecule has 1 atom stereocenters. The van der Waals surface area contributed by atoms with Gasteiger partial charge in [0.15, 0.2) is 9.84 Å².